The summed E-state index contributed by atoms with van der Waals surface area (Å²) in [6, 6.07) is 17.5. The first-order valence-electron chi connectivity index (χ1n) is 16.1. The average Bonchev–Trinajstić information content (AvgIpc) is 3.38. The van der Waals surface area contributed by atoms with Gasteiger partial charge in [-0.15, -0.1) is 0 Å². The highest BCUT2D eigenvalue weighted by Gasteiger charge is 2.56. The molecular formula is C40H35NO8. The molecule has 2 amide bonds. The molecule has 4 aliphatic rings. The van der Waals surface area contributed by atoms with Crippen LogP contribution < -0.4 is 19.1 Å². The molecule has 49 heavy (non-hydrogen) atoms. The fourth-order valence-electron chi connectivity index (χ4n) is 7.75. The molecule has 0 radical (unpaired) electrons. The van der Waals surface area contributed by atoms with Gasteiger partial charge in [-0.2, -0.15) is 0 Å². The minimum atomic E-state index is -0.767. The number of allylic oxidation sites excluding steroid dienone is 6. The molecule has 3 aromatic rings. The van der Waals surface area contributed by atoms with Crippen LogP contribution in [0.3, 0.4) is 0 Å². The predicted molar refractivity (Wildman–Crippen MR) is 183 cm³/mol. The van der Waals surface area contributed by atoms with Crippen molar-refractivity contribution in [2.75, 3.05) is 26.2 Å². The van der Waals surface area contributed by atoms with Crippen molar-refractivity contribution in [2.45, 2.75) is 25.7 Å². The second kappa shape index (κ2) is 12.4. The summed E-state index contributed by atoms with van der Waals surface area (Å²) < 4.78 is 16.3. The van der Waals surface area contributed by atoms with Crippen molar-refractivity contribution in [3.8, 4) is 23.0 Å². The maximum Gasteiger partial charge on any atom is 0.238 e. The van der Waals surface area contributed by atoms with Crippen molar-refractivity contribution in [1.82, 2.24) is 0 Å². The Hall–Kier alpha value is -5.70. The lowest BCUT2D eigenvalue weighted by atomic mass is 9.59. The molecule has 0 aromatic heterocycles. The first-order valence-corrected chi connectivity index (χ1v) is 16.1. The van der Waals surface area contributed by atoms with Crippen molar-refractivity contribution in [3.05, 3.63) is 112 Å². The van der Waals surface area contributed by atoms with Gasteiger partial charge in [0.1, 0.15) is 23.0 Å². The lowest BCUT2D eigenvalue weighted by Gasteiger charge is -2.42. The van der Waals surface area contributed by atoms with Crippen LogP contribution in [0.1, 0.15) is 42.4 Å². The number of ether oxygens (including phenoxy) is 3. The van der Waals surface area contributed by atoms with Crippen LogP contribution >= 0.6 is 0 Å². The maximum absolute atomic E-state index is 14.3. The van der Waals surface area contributed by atoms with Gasteiger partial charge in [0.2, 0.25) is 11.8 Å². The molecule has 0 bridgehead atoms. The number of carbonyl (C=O) groups is 4. The van der Waals surface area contributed by atoms with Crippen LogP contribution in [0, 0.1) is 17.8 Å². The number of anilines is 1. The van der Waals surface area contributed by atoms with Crippen molar-refractivity contribution in [2.24, 2.45) is 17.8 Å². The van der Waals surface area contributed by atoms with Gasteiger partial charge in [0.15, 0.2) is 11.6 Å². The van der Waals surface area contributed by atoms with E-state index in [9.17, 15) is 24.3 Å². The molecule has 1 fully saturated rings. The number of ketones is 2. The Kier molecular flexibility index (Phi) is 8.06. The molecule has 0 spiro atoms. The van der Waals surface area contributed by atoms with Gasteiger partial charge < -0.3 is 19.3 Å². The third kappa shape index (κ3) is 5.26. The van der Waals surface area contributed by atoms with Crippen LogP contribution in [0.15, 0.2) is 95.1 Å². The summed E-state index contributed by atoms with van der Waals surface area (Å²) in [6.45, 7) is 1.61. The molecule has 1 N–H and O–H groups in total. The van der Waals surface area contributed by atoms with Crippen molar-refractivity contribution < 1.29 is 38.5 Å². The standard InChI is InChI=1S/C40H35NO8/c1-21-17-33(43)31-20-29-27(35(37(31)38(21)44)30-19-26(48-3)11-15-32(30)42)13-14-28-36(29)40(46)41(39(28)45)24-9-6-22(7-10-24)5-8-23-18-25(47-2)12-16-34(23)49-4/h5-13,15-19,28-29,35-36,42H,14,20H2,1-4H3. The molecule has 4 unspecified atom stereocenters. The number of amides is 2. The van der Waals surface area contributed by atoms with Crippen molar-refractivity contribution >= 4 is 41.2 Å². The molecule has 0 saturated carbocycles. The van der Waals surface area contributed by atoms with E-state index in [4.69, 9.17) is 14.2 Å². The van der Waals surface area contributed by atoms with Crippen LogP contribution in [0.2, 0.25) is 0 Å². The molecule has 9 nitrogen and oxygen atoms in total. The largest absolute Gasteiger partial charge is 0.508 e. The van der Waals surface area contributed by atoms with Gasteiger partial charge >= 0.3 is 0 Å². The summed E-state index contributed by atoms with van der Waals surface area (Å²) in [5, 5.41) is 11.1. The van der Waals surface area contributed by atoms with Gasteiger partial charge in [0, 0.05) is 33.8 Å². The number of phenolic OH excluding ortho intramolecular Hbond substituents is 1. The summed E-state index contributed by atoms with van der Waals surface area (Å²) in [7, 11) is 4.71. The number of hydrogen-bond acceptors (Lipinski definition) is 8. The molecule has 9 heteroatoms. The highest BCUT2D eigenvalue weighted by atomic mass is 16.5. The molecule has 1 saturated heterocycles. The number of carbonyl (C=O) groups excluding carboxylic acids is 4. The lowest BCUT2D eigenvalue weighted by Crippen LogP contribution is -2.39. The van der Waals surface area contributed by atoms with E-state index < -0.39 is 23.7 Å². The molecular weight excluding hydrogens is 622 g/mol. The van der Waals surface area contributed by atoms with E-state index in [1.165, 1.54) is 24.2 Å². The molecule has 7 rings (SSSR count). The second-order valence-corrected chi connectivity index (χ2v) is 12.7. The van der Waals surface area contributed by atoms with E-state index >= 15 is 0 Å². The number of phenols is 1. The lowest BCUT2D eigenvalue weighted by molar-refractivity contribution is -0.123. The molecule has 4 atom stereocenters. The van der Waals surface area contributed by atoms with E-state index in [1.807, 2.05) is 48.6 Å². The summed E-state index contributed by atoms with van der Waals surface area (Å²) in [5.41, 5.74) is 4.29. The fraction of sp³-hybridized carbons (Fsp3) is 0.250. The van der Waals surface area contributed by atoms with Crippen LogP contribution in [0.4, 0.5) is 5.69 Å². The third-order valence-corrected chi connectivity index (χ3v) is 10.2. The Balaban J connectivity index is 1.22. The predicted octanol–water partition coefficient (Wildman–Crippen LogP) is 6.22. The monoisotopic (exact) mass is 657 g/mol. The summed E-state index contributed by atoms with van der Waals surface area (Å²) >= 11 is 0. The minimum absolute atomic E-state index is 0.0526. The van der Waals surface area contributed by atoms with Crippen LogP contribution in [-0.2, 0) is 19.2 Å². The maximum atomic E-state index is 14.3. The smallest absolute Gasteiger partial charge is 0.238 e. The topological polar surface area (TPSA) is 119 Å². The van der Waals surface area contributed by atoms with Gasteiger partial charge in [-0.25, -0.2) is 0 Å². The number of fused-ring (bicyclic) bond motifs is 3. The summed E-state index contributed by atoms with van der Waals surface area (Å²) in [6.07, 6.45) is 7.53. The second-order valence-electron chi connectivity index (χ2n) is 12.7. The first-order chi connectivity index (χ1) is 23.6. The van der Waals surface area contributed by atoms with Crippen molar-refractivity contribution in [1.29, 1.82) is 0 Å². The number of rotatable bonds is 7. The zero-order valence-corrected chi connectivity index (χ0v) is 27.6. The number of nitrogens with zero attached hydrogens (tertiary/aromatic N) is 1. The van der Waals surface area contributed by atoms with Crippen LogP contribution in [-0.4, -0.2) is 49.8 Å². The number of aromatic hydroxyl groups is 1. The van der Waals surface area contributed by atoms with E-state index in [0.29, 0.717) is 51.6 Å². The Morgan fingerprint density at radius 2 is 1.53 bits per heavy atom. The Bertz CT molecular complexity index is 2050. The van der Waals surface area contributed by atoms with E-state index in [-0.39, 0.29) is 35.6 Å². The Labute approximate surface area is 283 Å². The van der Waals surface area contributed by atoms with Gasteiger partial charge in [-0.1, -0.05) is 35.9 Å². The quantitative estimate of drug-likeness (QED) is 0.138. The first kappa shape index (κ1) is 31.9. The van der Waals surface area contributed by atoms with Gasteiger partial charge in [-0.3, -0.25) is 24.1 Å². The highest BCUT2D eigenvalue weighted by molar-refractivity contribution is 6.25. The molecule has 1 aliphatic heterocycles. The third-order valence-electron chi connectivity index (χ3n) is 10.2. The van der Waals surface area contributed by atoms with Gasteiger partial charge in [0.05, 0.1) is 38.9 Å². The van der Waals surface area contributed by atoms with Crippen LogP contribution in [0.5, 0.6) is 23.0 Å². The number of Topliss-reactive ketones (excluding diaryl/α,β-unsaturated/α-hetero) is 1. The van der Waals surface area contributed by atoms with Gasteiger partial charge in [0.25, 0.3) is 0 Å². The SMILES string of the molecule is COc1ccc(OC)c(C=Cc2ccc(N3C(=O)C4CC=C5C(c6cc(OC)ccc6O)C6=C(CC5C4C3=O)C(=O)C=C(C)C6=O)cc2)c1. The number of imide groups is 1. The van der Waals surface area contributed by atoms with E-state index in [1.54, 1.807) is 45.4 Å². The Morgan fingerprint density at radius 1 is 0.816 bits per heavy atom. The molecule has 3 aliphatic carbocycles. The average molecular weight is 658 g/mol. The molecule has 248 valence electrons. The Morgan fingerprint density at radius 3 is 2.24 bits per heavy atom. The zero-order valence-electron chi connectivity index (χ0n) is 27.6. The minimum Gasteiger partial charge on any atom is -0.508 e. The van der Waals surface area contributed by atoms with Gasteiger partial charge in [-0.05, 0) is 85.9 Å². The number of methoxy groups -OCH3 is 3. The normalized spacial score (nSPS) is 23.2. The highest BCUT2D eigenvalue weighted by Crippen LogP contribution is 2.56. The number of hydrogen-bond donors (Lipinski definition) is 1. The van der Waals surface area contributed by atoms with Crippen molar-refractivity contribution in [3.63, 3.8) is 0 Å². The van der Waals surface area contributed by atoms with E-state index in [2.05, 4.69) is 0 Å². The summed E-state index contributed by atoms with van der Waals surface area (Å²) in [5.74, 6) is -2.00. The molecule has 1 heterocycles. The van der Waals surface area contributed by atoms with E-state index in [0.717, 1.165) is 16.7 Å². The summed E-state index contributed by atoms with van der Waals surface area (Å²) in [4.78, 5) is 56.6. The molecule has 3 aromatic carbocycles. The zero-order chi connectivity index (χ0) is 34.6. The number of benzene rings is 3. The van der Waals surface area contributed by atoms with Crippen LogP contribution in [0.25, 0.3) is 12.2 Å². The fourth-order valence-corrected chi connectivity index (χ4v) is 7.75.